The van der Waals surface area contributed by atoms with Gasteiger partial charge in [-0.3, -0.25) is 0 Å². The van der Waals surface area contributed by atoms with E-state index in [1.165, 1.54) is 0 Å². The summed E-state index contributed by atoms with van der Waals surface area (Å²) in [5.41, 5.74) is 0.665. The third-order valence-electron chi connectivity index (χ3n) is 3.10. The van der Waals surface area contributed by atoms with E-state index in [1.54, 1.807) is 19.1 Å². The Bertz CT molecular complexity index is 452. The van der Waals surface area contributed by atoms with E-state index in [0.29, 0.717) is 17.9 Å². The molecule has 0 fully saturated rings. The maximum Gasteiger partial charge on any atom is 0.337 e. The van der Waals surface area contributed by atoms with Gasteiger partial charge in [0.15, 0.2) is 0 Å². The average molecular weight is 266 g/mol. The Morgan fingerprint density at radius 3 is 2.47 bits per heavy atom. The molecule has 0 aliphatic rings. The number of aliphatic hydroxyl groups is 1. The van der Waals surface area contributed by atoms with Crippen LogP contribution >= 0.6 is 0 Å². The number of aromatic carboxylic acids is 1. The van der Waals surface area contributed by atoms with Crippen LogP contribution in [0.4, 0.5) is 5.82 Å². The molecule has 5 nitrogen and oxygen atoms in total. The minimum atomic E-state index is -0.973. The Kier molecular flexibility index (Phi) is 4.89. The number of nitrogens with zero attached hydrogens (tertiary/aromatic N) is 1. The van der Waals surface area contributed by atoms with Gasteiger partial charge in [-0.25, -0.2) is 9.78 Å². The van der Waals surface area contributed by atoms with E-state index in [4.69, 9.17) is 10.2 Å². The first-order valence-electron chi connectivity index (χ1n) is 6.34. The number of hydrogen-bond acceptors (Lipinski definition) is 4. The van der Waals surface area contributed by atoms with E-state index in [1.807, 2.05) is 0 Å². The molecule has 19 heavy (non-hydrogen) atoms. The lowest BCUT2D eigenvalue weighted by molar-refractivity contribution is 0.0695. The van der Waals surface area contributed by atoms with Crippen LogP contribution in [0.3, 0.4) is 0 Å². The van der Waals surface area contributed by atoms with Crippen molar-refractivity contribution in [2.75, 3.05) is 11.9 Å². The minimum absolute atomic E-state index is 0.0240. The molecule has 0 saturated heterocycles. The lowest BCUT2D eigenvalue weighted by Gasteiger charge is -2.31. The zero-order valence-corrected chi connectivity index (χ0v) is 11.9. The van der Waals surface area contributed by atoms with Crippen molar-refractivity contribution in [3.8, 4) is 0 Å². The molecule has 0 bridgehead atoms. The highest BCUT2D eigenvalue weighted by atomic mass is 16.4. The third kappa shape index (κ3) is 4.21. The predicted octanol–water partition coefficient (Wildman–Crippen LogP) is 2.30. The topological polar surface area (TPSA) is 82.5 Å². The van der Waals surface area contributed by atoms with Gasteiger partial charge in [-0.1, -0.05) is 20.8 Å². The molecule has 0 aliphatic carbocycles. The van der Waals surface area contributed by atoms with Crippen molar-refractivity contribution in [1.82, 2.24) is 4.98 Å². The third-order valence-corrected chi connectivity index (χ3v) is 3.10. The molecule has 1 aromatic rings. The summed E-state index contributed by atoms with van der Waals surface area (Å²) in [5.74, 6) is -0.338. The van der Waals surface area contributed by atoms with Crippen molar-refractivity contribution >= 4 is 11.8 Å². The van der Waals surface area contributed by atoms with E-state index in [0.717, 1.165) is 0 Å². The Morgan fingerprint density at radius 1 is 1.42 bits per heavy atom. The summed E-state index contributed by atoms with van der Waals surface area (Å²) in [6, 6.07) is 3.28. The Balaban J connectivity index is 2.92. The normalized spacial score (nSPS) is 13.1. The minimum Gasteiger partial charge on any atom is -0.478 e. The molecule has 1 atom stereocenters. The Morgan fingerprint density at radius 2 is 2.05 bits per heavy atom. The van der Waals surface area contributed by atoms with E-state index in [2.05, 4.69) is 31.1 Å². The molecular formula is C14H22N2O3. The standard InChI is InChI=1S/C14H22N2O3/c1-9-10(13(18)19)5-6-12(15-9)16-11(7-8-17)14(2,3)4/h5-6,11,17H,7-8H2,1-4H3,(H,15,16)(H,18,19). The van der Waals surface area contributed by atoms with Crippen LogP contribution in [-0.2, 0) is 0 Å². The SMILES string of the molecule is Cc1nc(NC(CCO)C(C)(C)C)ccc1C(=O)O. The maximum absolute atomic E-state index is 10.9. The summed E-state index contributed by atoms with van der Waals surface area (Å²) < 4.78 is 0. The number of carboxylic acid groups (broad SMARTS) is 1. The highest BCUT2D eigenvalue weighted by Crippen LogP contribution is 2.25. The number of hydrogen-bond donors (Lipinski definition) is 3. The molecule has 0 aromatic carbocycles. The number of aryl methyl sites for hydroxylation is 1. The van der Waals surface area contributed by atoms with Gasteiger partial charge in [-0.2, -0.15) is 0 Å². The van der Waals surface area contributed by atoms with Gasteiger partial charge >= 0.3 is 5.97 Å². The first-order valence-corrected chi connectivity index (χ1v) is 6.34. The highest BCUT2D eigenvalue weighted by molar-refractivity contribution is 5.89. The summed E-state index contributed by atoms with van der Waals surface area (Å²) in [5, 5.41) is 21.3. The Labute approximate surface area is 113 Å². The van der Waals surface area contributed by atoms with Crippen molar-refractivity contribution in [1.29, 1.82) is 0 Å². The van der Waals surface area contributed by atoms with Gasteiger partial charge in [0.25, 0.3) is 0 Å². The quantitative estimate of drug-likeness (QED) is 0.761. The molecule has 1 aromatic heterocycles. The molecule has 0 aliphatic heterocycles. The van der Waals surface area contributed by atoms with Crippen LogP contribution in [0.2, 0.25) is 0 Å². The van der Waals surface area contributed by atoms with Crippen LogP contribution in [0.5, 0.6) is 0 Å². The summed E-state index contributed by atoms with van der Waals surface area (Å²) in [7, 11) is 0. The van der Waals surface area contributed by atoms with Gasteiger partial charge in [-0.15, -0.1) is 0 Å². The van der Waals surface area contributed by atoms with Gasteiger partial charge in [-0.05, 0) is 30.9 Å². The lowest BCUT2D eigenvalue weighted by Crippen LogP contribution is -2.35. The lowest BCUT2D eigenvalue weighted by atomic mass is 9.85. The summed E-state index contributed by atoms with van der Waals surface area (Å²) in [6.07, 6.45) is 0.616. The number of pyridine rings is 1. The molecule has 3 N–H and O–H groups in total. The molecule has 0 spiro atoms. The van der Waals surface area contributed by atoms with Crippen molar-refractivity contribution in [3.63, 3.8) is 0 Å². The zero-order valence-electron chi connectivity index (χ0n) is 11.9. The predicted molar refractivity (Wildman–Crippen MR) is 74.5 cm³/mol. The number of carbonyl (C=O) groups is 1. The van der Waals surface area contributed by atoms with Crippen LogP contribution in [0, 0.1) is 12.3 Å². The van der Waals surface area contributed by atoms with Gasteiger partial charge < -0.3 is 15.5 Å². The monoisotopic (exact) mass is 266 g/mol. The second-order valence-corrected chi connectivity index (χ2v) is 5.71. The van der Waals surface area contributed by atoms with E-state index in [-0.39, 0.29) is 23.6 Å². The van der Waals surface area contributed by atoms with Crippen LogP contribution in [-0.4, -0.2) is 33.8 Å². The average Bonchev–Trinajstić information content (AvgIpc) is 2.26. The van der Waals surface area contributed by atoms with Crippen LogP contribution < -0.4 is 5.32 Å². The van der Waals surface area contributed by atoms with Crippen LogP contribution in [0.25, 0.3) is 0 Å². The summed E-state index contributed by atoms with van der Waals surface area (Å²) in [4.78, 5) is 15.2. The van der Waals surface area contributed by atoms with Gasteiger partial charge in [0.05, 0.1) is 11.3 Å². The summed E-state index contributed by atoms with van der Waals surface area (Å²) in [6.45, 7) is 8.02. The van der Waals surface area contributed by atoms with Crippen molar-refractivity contribution in [2.24, 2.45) is 5.41 Å². The fourth-order valence-corrected chi connectivity index (χ4v) is 1.90. The number of aromatic nitrogens is 1. The maximum atomic E-state index is 10.9. The zero-order chi connectivity index (χ0) is 14.6. The molecule has 0 radical (unpaired) electrons. The van der Waals surface area contributed by atoms with E-state index >= 15 is 0 Å². The number of rotatable bonds is 5. The van der Waals surface area contributed by atoms with Crippen molar-refractivity contribution in [3.05, 3.63) is 23.4 Å². The number of aliphatic hydroxyl groups excluding tert-OH is 1. The first kappa shape index (κ1) is 15.4. The van der Waals surface area contributed by atoms with Crippen LogP contribution in [0.1, 0.15) is 43.2 Å². The fourth-order valence-electron chi connectivity index (χ4n) is 1.90. The van der Waals surface area contributed by atoms with Gasteiger partial charge in [0.1, 0.15) is 5.82 Å². The summed E-state index contributed by atoms with van der Waals surface area (Å²) >= 11 is 0. The first-order chi connectivity index (χ1) is 8.75. The van der Waals surface area contributed by atoms with Gasteiger partial charge in [0, 0.05) is 12.6 Å². The highest BCUT2D eigenvalue weighted by Gasteiger charge is 2.24. The fraction of sp³-hybridized carbons (Fsp3) is 0.571. The van der Waals surface area contributed by atoms with Crippen LogP contribution in [0.15, 0.2) is 12.1 Å². The van der Waals surface area contributed by atoms with E-state index in [9.17, 15) is 4.79 Å². The van der Waals surface area contributed by atoms with E-state index < -0.39 is 5.97 Å². The molecule has 0 saturated carbocycles. The molecule has 1 unspecified atom stereocenters. The van der Waals surface area contributed by atoms with Gasteiger partial charge in [0.2, 0.25) is 0 Å². The number of anilines is 1. The molecular weight excluding hydrogens is 244 g/mol. The van der Waals surface area contributed by atoms with Crippen molar-refractivity contribution < 1.29 is 15.0 Å². The largest absolute Gasteiger partial charge is 0.478 e. The number of carboxylic acids is 1. The number of nitrogens with one attached hydrogen (secondary N) is 1. The molecule has 1 heterocycles. The second-order valence-electron chi connectivity index (χ2n) is 5.71. The Hall–Kier alpha value is -1.62. The second kappa shape index (κ2) is 6.02. The molecule has 106 valence electrons. The molecule has 0 amide bonds. The van der Waals surface area contributed by atoms with Crippen molar-refractivity contribution in [2.45, 2.75) is 40.2 Å². The molecule has 1 rings (SSSR count). The smallest absolute Gasteiger partial charge is 0.337 e. The molecule has 5 heteroatoms.